The molecule has 7 heteroatoms. The normalized spacial score (nSPS) is 12.7. The summed E-state index contributed by atoms with van der Waals surface area (Å²) >= 11 is 1.44. The van der Waals surface area contributed by atoms with Crippen LogP contribution in [0.25, 0.3) is 0 Å². The third-order valence-corrected chi connectivity index (χ3v) is 6.78. The van der Waals surface area contributed by atoms with Crippen molar-refractivity contribution in [3.05, 3.63) is 82.9 Å². The number of hydrogen-bond acceptors (Lipinski definition) is 6. The lowest BCUT2D eigenvalue weighted by molar-refractivity contribution is -0.118. The van der Waals surface area contributed by atoms with Crippen molar-refractivity contribution in [2.24, 2.45) is 9.98 Å². The number of hydrogen-bond donors (Lipinski definition) is 1. The average Bonchev–Trinajstić information content (AvgIpc) is 3.05. The van der Waals surface area contributed by atoms with E-state index >= 15 is 0 Å². The second-order valence-electron chi connectivity index (χ2n) is 8.31. The summed E-state index contributed by atoms with van der Waals surface area (Å²) in [5.41, 5.74) is 6.85. The molecule has 3 aromatic rings. The van der Waals surface area contributed by atoms with Gasteiger partial charge < -0.3 is 14.8 Å². The zero-order valence-corrected chi connectivity index (χ0v) is 21.2. The number of nitrogens with one attached hydrogen (secondary N) is 1. The molecule has 0 saturated carbocycles. The van der Waals surface area contributed by atoms with Gasteiger partial charge in [0.2, 0.25) is 5.91 Å². The molecule has 4 rings (SSSR count). The van der Waals surface area contributed by atoms with Gasteiger partial charge in [-0.1, -0.05) is 24.3 Å². The Morgan fingerprint density at radius 3 is 2.29 bits per heavy atom. The number of carbonyl (C=O) groups excluding carboxylic acids is 1. The minimum atomic E-state index is -0.0510. The number of methoxy groups -OCH3 is 2. The van der Waals surface area contributed by atoms with Gasteiger partial charge in [-0.25, -0.2) is 4.99 Å². The Bertz CT molecular complexity index is 1300. The maximum atomic E-state index is 12.6. The van der Waals surface area contributed by atoms with Crippen LogP contribution < -0.4 is 14.8 Å². The summed E-state index contributed by atoms with van der Waals surface area (Å²) in [5.74, 6) is 1.77. The van der Waals surface area contributed by atoms with Gasteiger partial charge in [0.25, 0.3) is 0 Å². The monoisotopic (exact) mass is 487 g/mol. The van der Waals surface area contributed by atoms with Crippen LogP contribution in [0.5, 0.6) is 11.5 Å². The molecule has 1 heterocycles. The molecule has 35 heavy (non-hydrogen) atoms. The van der Waals surface area contributed by atoms with Crippen LogP contribution in [0, 0.1) is 13.8 Å². The standard InChI is InChI=1S/C28H29N3O3S/c1-18-11-25-26(12-19(18)2)31-28(15-24(30-25)21-8-6-10-23(14-21)34-4)35-17-27(32)29-16-20-7-5-9-22(13-20)33-3/h5-14H,15-17H2,1-4H3,(H,29,32). The topological polar surface area (TPSA) is 72.3 Å². The van der Waals surface area contributed by atoms with Crippen molar-refractivity contribution in [1.29, 1.82) is 0 Å². The highest BCUT2D eigenvalue weighted by Crippen LogP contribution is 2.36. The van der Waals surface area contributed by atoms with E-state index in [1.54, 1.807) is 14.2 Å². The second-order valence-corrected chi connectivity index (χ2v) is 9.36. The van der Waals surface area contributed by atoms with E-state index < -0.39 is 0 Å². The molecule has 0 aromatic heterocycles. The lowest BCUT2D eigenvalue weighted by Crippen LogP contribution is -2.25. The SMILES string of the molecule is COc1cccc(CNC(=O)CSC2=Nc3cc(C)c(C)cc3N=C(c3cccc(OC)c3)C2)c1. The largest absolute Gasteiger partial charge is 0.497 e. The first kappa shape index (κ1) is 24.5. The van der Waals surface area contributed by atoms with Crippen LogP contribution in [-0.4, -0.2) is 36.6 Å². The van der Waals surface area contributed by atoms with E-state index in [1.807, 2.05) is 48.5 Å². The molecular formula is C28H29N3O3S. The molecule has 0 bridgehead atoms. The third-order valence-electron chi connectivity index (χ3n) is 5.81. The summed E-state index contributed by atoms with van der Waals surface area (Å²) in [5, 5.41) is 3.83. The fourth-order valence-corrected chi connectivity index (χ4v) is 4.50. The number of fused-ring (bicyclic) bond motifs is 1. The number of benzene rings is 3. The molecule has 0 radical (unpaired) electrons. The van der Waals surface area contributed by atoms with Crippen molar-refractivity contribution >= 4 is 39.8 Å². The number of amides is 1. The Hall–Kier alpha value is -3.58. The molecule has 0 fully saturated rings. The molecule has 1 aliphatic rings. The Morgan fingerprint density at radius 1 is 0.914 bits per heavy atom. The van der Waals surface area contributed by atoms with Crippen LogP contribution in [0.2, 0.25) is 0 Å². The van der Waals surface area contributed by atoms with Gasteiger partial charge in [0.05, 0.1) is 42.1 Å². The molecular weight excluding hydrogens is 458 g/mol. The van der Waals surface area contributed by atoms with Crippen LogP contribution >= 0.6 is 11.8 Å². The van der Waals surface area contributed by atoms with Crippen molar-refractivity contribution in [2.45, 2.75) is 26.8 Å². The van der Waals surface area contributed by atoms with E-state index in [4.69, 9.17) is 19.5 Å². The Morgan fingerprint density at radius 2 is 1.57 bits per heavy atom. The van der Waals surface area contributed by atoms with Gasteiger partial charge in [0.15, 0.2) is 0 Å². The maximum absolute atomic E-state index is 12.6. The fourth-order valence-electron chi connectivity index (χ4n) is 3.70. The fraction of sp³-hybridized carbons (Fsp3) is 0.250. The van der Waals surface area contributed by atoms with E-state index in [9.17, 15) is 4.79 Å². The molecule has 0 aliphatic carbocycles. The number of aliphatic imine (C=N–C) groups is 2. The summed E-state index contributed by atoms with van der Waals surface area (Å²) in [7, 11) is 3.29. The molecule has 1 amide bonds. The van der Waals surface area contributed by atoms with E-state index in [2.05, 4.69) is 31.3 Å². The van der Waals surface area contributed by atoms with Crippen LogP contribution in [0.4, 0.5) is 11.4 Å². The molecule has 0 unspecified atom stereocenters. The predicted molar refractivity (Wildman–Crippen MR) is 144 cm³/mol. The van der Waals surface area contributed by atoms with Gasteiger partial charge in [0, 0.05) is 18.5 Å². The molecule has 180 valence electrons. The summed E-state index contributed by atoms with van der Waals surface area (Å²) in [6.07, 6.45) is 0.535. The molecule has 1 N–H and O–H groups in total. The first-order valence-corrected chi connectivity index (χ1v) is 12.4. The number of carbonyl (C=O) groups is 1. The van der Waals surface area contributed by atoms with E-state index in [0.717, 1.165) is 50.3 Å². The number of aryl methyl sites for hydroxylation is 2. The Balaban J connectivity index is 1.52. The molecule has 0 saturated heterocycles. The van der Waals surface area contributed by atoms with E-state index in [0.29, 0.717) is 13.0 Å². The lowest BCUT2D eigenvalue weighted by atomic mass is 10.1. The van der Waals surface area contributed by atoms with Crippen LogP contribution in [-0.2, 0) is 11.3 Å². The van der Waals surface area contributed by atoms with Crippen LogP contribution in [0.3, 0.4) is 0 Å². The third kappa shape index (κ3) is 6.31. The zero-order chi connectivity index (χ0) is 24.8. The van der Waals surface area contributed by atoms with Crippen LogP contribution in [0.1, 0.15) is 28.7 Å². The van der Waals surface area contributed by atoms with Gasteiger partial charge in [-0.2, -0.15) is 0 Å². The predicted octanol–water partition coefficient (Wildman–Crippen LogP) is 5.92. The lowest BCUT2D eigenvalue weighted by Gasteiger charge is -2.10. The minimum absolute atomic E-state index is 0.0510. The van der Waals surface area contributed by atoms with Gasteiger partial charge in [0.1, 0.15) is 11.5 Å². The zero-order valence-electron chi connectivity index (χ0n) is 20.4. The summed E-state index contributed by atoms with van der Waals surface area (Å²) < 4.78 is 10.7. The quantitative estimate of drug-likeness (QED) is 0.449. The summed E-state index contributed by atoms with van der Waals surface area (Å²) in [4.78, 5) is 22.5. The summed E-state index contributed by atoms with van der Waals surface area (Å²) in [6, 6.07) is 19.7. The molecule has 3 aromatic carbocycles. The Labute approximate surface area is 210 Å². The van der Waals surface area contributed by atoms with Gasteiger partial charge >= 0.3 is 0 Å². The van der Waals surface area contributed by atoms with Gasteiger partial charge in [-0.15, -0.1) is 11.8 Å². The van der Waals surface area contributed by atoms with Gasteiger partial charge in [-0.05, 0) is 66.9 Å². The number of ether oxygens (including phenoxy) is 2. The molecule has 1 aliphatic heterocycles. The van der Waals surface area contributed by atoms with Gasteiger partial charge in [-0.3, -0.25) is 9.79 Å². The highest BCUT2D eigenvalue weighted by Gasteiger charge is 2.18. The van der Waals surface area contributed by atoms with E-state index in [1.165, 1.54) is 17.3 Å². The van der Waals surface area contributed by atoms with Crippen LogP contribution in [0.15, 0.2) is 70.6 Å². The van der Waals surface area contributed by atoms with Crippen molar-refractivity contribution in [3.8, 4) is 11.5 Å². The first-order valence-electron chi connectivity index (χ1n) is 11.4. The molecule has 0 spiro atoms. The number of nitrogens with zero attached hydrogens (tertiary/aromatic N) is 2. The van der Waals surface area contributed by atoms with Crippen molar-refractivity contribution in [2.75, 3.05) is 20.0 Å². The van der Waals surface area contributed by atoms with Crippen molar-refractivity contribution in [1.82, 2.24) is 5.32 Å². The summed E-state index contributed by atoms with van der Waals surface area (Å²) in [6.45, 7) is 4.59. The van der Waals surface area contributed by atoms with Crippen molar-refractivity contribution in [3.63, 3.8) is 0 Å². The number of thioether (sulfide) groups is 1. The average molecular weight is 488 g/mol. The Kier molecular flexibility index (Phi) is 7.87. The minimum Gasteiger partial charge on any atom is -0.497 e. The van der Waals surface area contributed by atoms with E-state index in [-0.39, 0.29) is 11.7 Å². The second kappa shape index (κ2) is 11.2. The highest BCUT2D eigenvalue weighted by atomic mass is 32.2. The van der Waals surface area contributed by atoms with Crippen molar-refractivity contribution < 1.29 is 14.3 Å². The highest BCUT2D eigenvalue weighted by molar-refractivity contribution is 8.14. The number of rotatable bonds is 7. The molecule has 0 atom stereocenters. The smallest absolute Gasteiger partial charge is 0.230 e. The maximum Gasteiger partial charge on any atom is 0.230 e. The first-order chi connectivity index (χ1) is 16.9. The molecule has 6 nitrogen and oxygen atoms in total.